The standard InChI is InChI=1S/C16H35N3O3S/c1-6-8-10-11-12-14-16(3,13-9-7-2)17-15(20)18-23(21,22)19(4)5/h6-14H2,1-5H3,(H2,17,18,20). The number of nitrogens with zero attached hydrogens (tertiary/aromatic N) is 1. The van der Waals surface area contributed by atoms with E-state index >= 15 is 0 Å². The third kappa shape index (κ3) is 9.81. The fourth-order valence-corrected chi connectivity index (χ4v) is 2.91. The molecule has 0 aromatic carbocycles. The highest BCUT2D eigenvalue weighted by atomic mass is 32.2. The average Bonchev–Trinajstić information content (AvgIpc) is 2.44. The summed E-state index contributed by atoms with van der Waals surface area (Å²) in [6.07, 6.45) is 9.61. The first-order valence-corrected chi connectivity index (χ1v) is 10.1. The van der Waals surface area contributed by atoms with Crippen LogP contribution in [-0.4, -0.2) is 38.4 Å². The maximum Gasteiger partial charge on any atom is 0.329 e. The Balaban J connectivity index is 4.59. The molecule has 0 rings (SSSR count). The second-order valence-corrected chi connectivity index (χ2v) is 8.56. The van der Waals surface area contributed by atoms with Gasteiger partial charge in [-0.25, -0.2) is 9.52 Å². The zero-order valence-electron chi connectivity index (χ0n) is 15.4. The van der Waals surface area contributed by atoms with Gasteiger partial charge in [0.15, 0.2) is 0 Å². The van der Waals surface area contributed by atoms with Crippen LogP contribution in [0.3, 0.4) is 0 Å². The van der Waals surface area contributed by atoms with Gasteiger partial charge in [0, 0.05) is 19.6 Å². The van der Waals surface area contributed by atoms with Crippen molar-refractivity contribution in [3.05, 3.63) is 0 Å². The summed E-state index contributed by atoms with van der Waals surface area (Å²) in [5.74, 6) is 0. The van der Waals surface area contributed by atoms with Crippen LogP contribution in [0, 0.1) is 0 Å². The normalized spacial score (nSPS) is 14.5. The van der Waals surface area contributed by atoms with Gasteiger partial charge in [-0.3, -0.25) is 0 Å². The average molecular weight is 350 g/mol. The van der Waals surface area contributed by atoms with E-state index in [9.17, 15) is 13.2 Å². The van der Waals surface area contributed by atoms with Gasteiger partial charge in [-0.1, -0.05) is 58.8 Å². The highest BCUT2D eigenvalue weighted by molar-refractivity contribution is 7.87. The molecule has 138 valence electrons. The molecule has 2 N–H and O–H groups in total. The Morgan fingerprint density at radius 1 is 0.957 bits per heavy atom. The Labute approximate surface area is 142 Å². The quantitative estimate of drug-likeness (QED) is 0.530. The van der Waals surface area contributed by atoms with Crippen LogP contribution in [0.4, 0.5) is 4.79 Å². The molecule has 6 nitrogen and oxygen atoms in total. The number of amides is 2. The summed E-state index contributed by atoms with van der Waals surface area (Å²) in [4.78, 5) is 12.0. The van der Waals surface area contributed by atoms with Crippen LogP contribution in [0.25, 0.3) is 0 Å². The smallest absolute Gasteiger partial charge is 0.329 e. The van der Waals surface area contributed by atoms with Crippen LogP contribution in [0.15, 0.2) is 0 Å². The lowest BCUT2D eigenvalue weighted by Crippen LogP contribution is -2.53. The van der Waals surface area contributed by atoms with Crippen LogP contribution in [0.5, 0.6) is 0 Å². The van der Waals surface area contributed by atoms with Crippen molar-refractivity contribution < 1.29 is 13.2 Å². The minimum atomic E-state index is -3.75. The van der Waals surface area contributed by atoms with Gasteiger partial charge in [-0.05, 0) is 19.8 Å². The van der Waals surface area contributed by atoms with E-state index in [0.717, 1.165) is 42.8 Å². The summed E-state index contributed by atoms with van der Waals surface area (Å²) in [6, 6.07) is -0.647. The summed E-state index contributed by atoms with van der Waals surface area (Å²) in [6.45, 7) is 6.30. The Bertz CT molecular complexity index is 438. The van der Waals surface area contributed by atoms with E-state index in [4.69, 9.17) is 0 Å². The van der Waals surface area contributed by atoms with Crippen LogP contribution >= 0.6 is 0 Å². The number of hydrogen-bond acceptors (Lipinski definition) is 3. The number of carbonyl (C=O) groups excluding carboxylic acids is 1. The molecular formula is C16H35N3O3S. The van der Waals surface area contributed by atoms with Crippen molar-refractivity contribution in [3.8, 4) is 0 Å². The first-order valence-electron chi connectivity index (χ1n) is 8.69. The third-order valence-corrected chi connectivity index (χ3v) is 5.44. The molecule has 2 amide bonds. The number of rotatable bonds is 12. The molecule has 0 spiro atoms. The van der Waals surface area contributed by atoms with Gasteiger partial charge < -0.3 is 5.32 Å². The molecule has 0 aromatic heterocycles. The monoisotopic (exact) mass is 349 g/mol. The zero-order valence-corrected chi connectivity index (χ0v) is 16.3. The second-order valence-electron chi connectivity index (χ2n) is 6.67. The van der Waals surface area contributed by atoms with Crippen molar-refractivity contribution in [3.63, 3.8) is 0 Å². The Morgan fingerprint density at radius 2 is 1.48 bits per heavy atom. The molecule has 0 heterocycles. The SMILES string of the molecule is CCCCCCCC(C)(CCCC)NC(=O)NS(=O)(=O)N(C)C. The lowest BCUT2D eigenvalue weighted by Gasteiger charge is -2.31. The summed E-state index contributed by atoms with van der Waals surface area (Å²) in [5, 5.41) is 2.87. The van der Waals surface area contributed by atoms with Gasteiger partial charge in [0.05, 0.1) is 0 Å². The van der Waals surface area contributed by atoms with Gasteiger partial charge in [-0.15, -0.1) is 0 Å². The van der Waals surface area contributed by atoms with Gasteiger partial charge in [0.25, 0.3) is 0 Å². The molecule has 0 fully saturated rings. The summed E-state index contributed by atoms with van der Waals surface area (Å²) < 4.78 is 26.5. The topological polar surface area (TPSA) is 78.5 Å². The van der Waals surface area contributed by atoms with E-state index in [1.54, 1.807) is 0 Å². The summed E-state index contributed by atoms with van der Waals surface area (Å²) in [7, 11) is -0.975. The molecule has 0 aromatic rings. The zero-order chi connectivity index (χ0) is 17.9. The summed E-state index contributed by atoms with van der Waals surface area (Å²) >= 11 is 0. The molecule has 1 unspecified atom stereocenters. The molecule has 1 atom stereocenters. The molecule has 7 heteroatoms. The van der Waals surface area contributed by atoms with Crippen LogP contribution in [0.2, 0.25) is 0 Å². The van der Waals surface area contributed by atoms with E-state index in [-0.39, 0.29) is 5.54 Å². The molecular weight excluding hydrogens is 314 g/mol. The second kappa shape index (κ2) is 10.9. The van der Waals surface area contributed by atoms with Crippen molar-refractivity contribution >= 4 is 16.2 Å². The van der Waals surface area contributed by atoms with Crippen molar-refractivity contribution in [1.82, 2.24) is 14.3 Å². The fraction of sp³-hybridized carbons (Fsp3) is 0.938. The lowest BCUT2D eigenvalue weighted by molar-refractivity contribution is 0.223. The van der Waals surface area contributed by atoms with Gasteiger partial charge >= 0.3 is 16.2 Å². The van der Waals surface area contributed by atoms with Crippen LogP contribution in [-0.2, 0) is 10.2 Å². The highest BCUT2D eigenvalue weighted by Crippen LogP contribution is 2.22. The Morgan fingerprint density at radius 3 is 2.00 bits per heavy atom. The highest BCUT2D eigenvalue weighted by Gasteiger charge is 2.27. The number of unbranched alkanes of at least 4 members (excludes halogenated alkanes) is 5. The van der Waals surface area contributed by atoms with Crippen molar-refractivity contribution in [1.29, 1.82) is 0 Å². The predicted molar refractivity (Wildman–Crippen MR) is 95.6 cm³/mol. The number of urea groups is 1. The van der Waals surface area contributed by atoms with E-state index < -0.39 is 16.2 Å². The van der Waals surface area contributed by atoms with Gasteiger partial charge in [0.2, 0.25) is 0 Å². The predicted octanol–water partition coefficient (Wildman–Crippen LogP) is 3.40. The number of hydrogen-bond donors (Lipinski definition) is 2. The van der Waals surface area contributed by atoms with Gasteiger partial charge in [0.1, 0.15) is 0 Å². The first-order chi connectivity index (χ1) is 10.7. The minimum absolute atomic E-state index is 0.367. The Hall–Kier alpha value is -0.820. The van der Waals surface area contributed by atoms with E-state index in [2.05, 4.69) is 19.2 Å². The number of nitrogens with one attached hydrogen (secondary N) is 2. The molecule has 0 radical (unpaired) electrons. The van der Waals surface area contributed by atoms with E-state index in [1.165, 1.54) is 33.4 Å². The van der Waals surface area contributed by atoms with Crippen molar-refractivity contribution in [2.24, 2.45) is 0 Å². The molecule has 0 saturated heterocycles. The minimum Gasteiger partial charge on any atom is -0.332 e. The molecule has 0 aliphatic carbocycles. The van der Waals surface area contributed by atoms with E-state index in [1.807, 2.05) is 11.6 Å². The summed E-state index contributed by atoms with van der Waals surface area (Å²) in [5.41, 5.74) is -0.367. The maximum absolute atomic E-state index is 12.0. The van der Waals surface area contributed by atoms with Crippen molar-refractivity contribution in [2.75, 3.05) is 14.1 Å². The Kier molecular flexibility index (Phi) is 10.5. The molecule has 0 aliphatic heterocycles. The fourth-order valence-electron chi connectivity index (χ4n) is 2.44. The molecule has 0 aliphatic rings. The molecule has 0 saturated carbocycles. The number of carbonyl (C=O) groups is 1. The largest absolute Gasteiger partial charge is 0.332 e. The van der Waals surface area contributed by atoms with Crippen molar-refractivity contribution in [2.45, 2.75) is 84.1 Å². The van der Waals surface area contributed by atoms with Crippen LogP contribution in [0.1, 0.15) is 78.6 Å². The maximum atomic E-state index is 12.0. The molecule has 23 heavy (non-hydrogen) atoms. The first kappa shape index (κ1) is 22.2. The lowest BCUT2D eigenvalue weighted by atomic mass is 9.88. The van der Waals surface area contributed by atoms with Crippen LogP contribution < -0.4 is 10.0 Å². The van der Waals surface area contributed by atoms with Gasteiger partial charge in [-0.2, -0.15) is 12.7 Å². The third-order valence-electron chi connectivity index (χ3n) is 4.03. The van der Waals surface area contributed by atoms with E-state index in [0.29, 0.717) is 0 Å². The molecule has 0 bridgehead atoms.